The quantitative estimate of drug-likeness (QED) is 0.691. The summed E-state index contributed by atoms with van der Waals surface area (Å²) in [5, 5.41) is 9.72. The van der Waals surface area contributed by atoms with Crippen molar-refractivity contribution in [2.45, 2.75) is 13.8 Å². The molecule has 3 aromatic heterocycles. The summed E-state index contributed by atoms with van der Waals surface area (Å²) < 4.78 is 3.84. The smallest absolute Gasteiger partial charge is 0.142 e. The minimum absolute atomic E-state index is 0.200. The van der Waals surface area contributed by atoms with Crippen LogP contribution in [0.3, 0.4) is 0 Å². The Morgan fingerprint density at radius 3 is 2.76 bits per heavy atom. The number of fused-ring (bicyclic) bond motifs is 1. The van der Waals surface area contributed by atoms with Crippen LogP contribution in [0.5, 0.6) is 5.75 Å². The number of nitrogens with zero attached hydrogens (tertiary/aromatic N) is 4. The number of pyridine rings is 1. The molecule has 0 amide bonds. The number of aryl methyl sites for hydroxylation is 2. The molecule has 1 N–H and O–H groups in total. The summed E-state index contributed by atoms with van der Waals surface area (Å²) in [6.07, 6.45) is 5.24. The molecule has 0 atom stereocenters. The maximum atomic E-state index is 9.72. The van der Waals surface area contributed by atoms with E-state index in [1.165, 1.54) is 0 Å². The Morgan fingerprint density at radius 2 is 2.06 bits per heavy atom. The molecule has 0 aliphatic carbocycles. The van der Waals surface area contributed by atoms with Crippen molar-refractivity contribution in [3.63, 3.8) is 0 Å². The predicted octanol–water partition coefficient (Wildman–Crippen LogP) is 1.84. The lowest BCUT2D eigenvalue weighted by molar-refractivity contribution is 0.474. The van der Waals surface area contributed by atoms with Gasteiger partial charge < -0.3 is 5.11 Å². The molecule has 3 heterocycles. The van der Waals surface area contributed by atoms with Gasteiger partial charge in [-0.05, 0) is 13.8 Å². The molecule has 0 saturated carbocycles. The minimum atomic E-state index is 0.200. The van der Waals surface area contributed by atoms with Crippen LogP contribution in [0.25, 0.3) is 11.5 Å². The van der Waals surface area contributed by atoms with Crippen LogP contribution >= 0.6 is 0 Å². The number of rotatable bonds is 1. The van der Waals surface area contributed by atoms with E-state index >= 15 is 0 Å². The second-order valence-corrected chi connectivity index (χ2v) is 4.02. The van der Waals surface area contributed by atoms with E-state index in [-0.39, 0.29) is 5.75 Å². The second-order valence-electron chi connectivity index (χ2n) is 4.02. The van der Waals surface area contributed by atoms with Crippen molar-refractivity contribution in [2.75, 3.05) is 0 Å². The summed E-state index contributed by atoms with van der Waals surface area (Å²) in [6, 6.07) is 3.35. The Bertz CT molecular complexity index is 682. The molecule has 0 aromatic carbocycles. The van der Waals surface area contributed by atoms with E-state index in [4.69, 9.17) is 0 Å². The minimum Gasteiger partial charge on any atom is -0.508 e. The van der Waals surface area contributed by atoms with Gasteiger partial charge in [-0.1, -0.05) is 0 Å². The number of imidazole rings is 2. The van der Waals surface area contributed by atoms with E-state index in [1.54, 1.807) is 24.7 Å². The van der Waals surface area contributed by atoms with Gasteiger partial charge in [-0.25, -0.2) is 9.97 Å². The predicted molar refractivity (Wildman–Crippen MR) is 63.5 cm³/mol. The Kier molecular flexibility index (Phi) is 1.95. The zero-order valence-electron chi connectivity index (χ0n) is 9.62. The van der Waals surface area contributed by atoms with Crippen molar-refractivity contribution in [1.82, 2.24) is 18.9 Å². The number of aromatic nitrogens is 4. The highest BCUT2D eigenvalue weighted by Gasteiger charge is 2.11. The highest BCUT2D eigenvalue weighted by molar-refractivity contribution is 5.53. The van der Waals surface area contributed by atoms with Crippen LogP contribution in [0, 0.1) is 13.8 Å². The zero-order chi connectivity index (χ0) is 12.0. The van der Waals surface area contributed by atoms with Gasteiger partial charge in [0, 0.05) is 30.2 Å². The van der Waals surface area contributed by atoms with E-state index in [1.807, 2.05) is 29.0 Å². The third-order valence-corrected chi connectivity index (χ3v) is 2.92. The summed E-state index contributed by atoms with van der Waals surface area (Å²) >= 11 is 0. The topological polar surface area (TPSA) is 55.4 Å². The van der Waals surface area contributed by atoms with Gasteiger partial charge in [0.25, 0.3) is 0 Å². The largest absolute Gasteiger partial charge is 0.508 e. The normalized spacial score (nSPS) is 11.2. The molecule has 0 radical (unpaired) electrons. The molecule has 0 aliphatic rings. The molecule has 0 aliphatic heterocycles. The highest BCUT2D eigenvalue weighted by atomic mass is 16.3. The summed E-state index contributed by atoms with van der Waals surface area (Å²) in [6.45, 7) is 3.96. The van der Waals surface area contributed by atoms with Gasteiger partial charge in [-0.3, -0.25) is 8.97 Å². The average molecular weight is 228 g/mol. The van der Waals surface area contributed by atoms with Crippen molar-refractivity contribution >= 4 is 5.65 Å². The summed E-state index contributed by atoms with van der Waals surface area (Å²) in [7, 11) is 0. The molecular formula is C12H12N4O. The standard InChI is InChI=1S/C12H12N4O/c1-8-9(2)16-11(14-8)5-10(17)6-12(16)15-4-3-13-7-15/h3-7,17H,1-2H3. The third-order valence-electron chi connectivity index (χ3n) is 2.92. The van der Waals surface area contributed by atoms with Gasteiger partial charge in [0.15, 0.2) is 0 Å². The molecule has 86 valence electrons. The highest BCUT2D eigenvalue weighted by Crippen LogP contribution is 2.22. The first-order chi connectivity index (χ1) is 8.16. The van der Waals surface area contributed by atoms with Gasteiger partial charge in [-0.2, -0.15) is 0 Å². The van der Waals surface area contributed by atoms with E-state index < -0.39 is 0 Å². The molecule has 17 heavy (non-hydrogen) atoms. The molecule has 3 rings (SSSR count). The molecule has 3 aromatic rings. The van der Waals surface area contributed by atoms with Crippen LogP contribution in [0.1, 0.15) is 11.4 Å². The van der Waals surface area contributed by atoms with Crippen molar-refractivity contribution in [2.24, 2.45) is 0 Å². The Morgan fingerprint density at radius 1 is 1.24 bits per heavy atom. The summed E-state index contributed by atoms with van der Waals surface area (Å²) in [5.74, 6) is 1.03. The number of hydrogen-bond acceptors (Lipinski definition) is 3. The van der Waals surface area contributed by atoms with E-state index in [0.717, 1.165) is 22.9 Å². The maximum absolute atomic E-state index is 9.72. The SMILES string of the molecule is Cc1nc2cc(O)cc(-n3ccnc3)n2c1C. The fourth-order valence-corrected chi connectivity index (χ4v) is 1.98. The van der Waals surface area contributed by atoms with Gasteiger partial charge >= 0.3 is 0 Å². The average Bonchev–Trinajstić information content (AvgIpc) is 2.88. The first kappa shape index (κ1) is 9.89. The molecule has 5 heteroatoms. The second kappa shape index (κ2) is 3.35. The first-order valence-corrected chi connectivity index (χ1v) is 5.34. The molecule has 0 fully saturated rings. The van der Waals surface area contributed by atoms with E-state index in [0.29, 0.717) is 0 Å². The first-order valence-electron chi connectivity index (χ1n) is 5.34. The summed E-state index contributed by atoms with van der Waals surface area (Å²) in [5.41, 5.74) is 2.75. The van der Waals surface area contributed by atoms with Gasteiger partial charge in [0.2, 0.25) is 0 Å². The fourth-order valence-electron chi connectivity index (χ4n) is 1.98. The van der Waals surface area contributed by atoms with Crippen molar-refractivity contribution < 1.29 is 5.11 Å². The lowest BCUT2D eigenvalue weighted by atomic mass is 10.3. The van der Waals surface area contributed by atoms with Gasteiger partial charge in [0.05, 0.1) is 5.69 Å². The maximum Gasteiger partial charge on any atom is 0.142 e. The lowest BCUT2D eigenvalue weighted by Gasteiger charge is -2.08. The van der Waals surface area contributed by atoms with Gasteiger partial charge in [0.1, 0.15) is 23.5 Å². The molecule has 0 saturated heterocycles. The molecular weight excluding hydrogens is 216 g/mol. The fraction of sp³-hybridized carbons (Fsp3) is 0.167. The van der Waals surface area contributed by atoms with Crippen molar-refractivity contribution in [3.8, 4) is 11.6 Å². The van der Waals surface area contributed by atoms with Crippen molar-refractivity contribution in [1.29, 1.82) is 0 Å². The van der Waals surface area contributed by atoms with Crippen LogP contribution in [-0.2, 0) is 0 Å². The number of aromatic hydroxyl groups is 1. The van der Waals surface area contributed by atoms with Crippen LogP contribution < -0.4 is 0 Å². The molecule has 5 nitrogen and oxygen atoms in total. The molecule has 0 spiro atoms. The summed E-state index contributed by atoms with van der Waals surface area (Å²) in [4.78, 5) is 8.43. The third kappa shape index (κ3) is 1.39. The number of hydrogen-bond donors (Lipinski definition) is 1. The van der Waals surface area contributed by atoms with Gasteiger partial charge in [-0.15, -0.1) is 0 Å². The Labute approximate surface area is 98.0 Å². The van der Waals surface area contributed by atoms with Crippen LogP contribution in [-0.4, -0.2) is 24.0 Å². The zero-order valence-corrected chi connectivity index (χ0v) is 9.62. The van der Waals surface area contributed by atoms with Crippen LogP contribution in [0.2, 0.25) is 0 Å². The monoisotopic (exact) mass is 228 g/mol. The van der Waals surface area contributed by atoms with Crippen LogP contribution in [0.15, 0.2) is 30.9 Å². The van der Waals surface area contributed by atoms with Crippen molar-refractivity contribution in [3.05, 3.63) is 42.2 Å². The van der Waals surface area contributed by atoms with E-state index in [2.05, 4.69) is 9.97 Å². The molecule has 0 bridgehead atoms. The molecule has 0 unspecified atom stereocenters. The van der Waals surface area contributed by atoms with E-state index in [9.17, 15) is 5.11 Å². The lowest BCUT2D eigenvalue weighted by Crippen LogP contribution is -2.01. The Balaban J connectivity index is 2.44. The van der Waals surface area contributed by atoms with Crippen LogP contribution in [0.4, 0.5) is 0 Å². The Hall–Kier alpha value is -2.30.